The smallest absolute Gasteiger partial charge is 0.262 e. The van der Waals surface area contributed by atoms with Crippen LogP contribution in [0.1, 0.15) is 17.9 Å². The number of ether oxygens (including phenoxy) is 1. The molecule has 0 radical (unpaired) electrons. The van der Waals surface area contributed by atoms with Crippen LogP contribution in [0.15, 0.2) is 42.5 Å². The number of para-hydroxylation sites is 2. The maximum absolute atomic E-state index is 14.0. The highest BCUT2D eigenvalue weighted by Gasteiger charge is 2.49. The number of nitrogens with zero attached hydrogens (tertiary/aromatic N) is 1. The van der Waals surface area contributed by atoms with Crippen molar-refractivity contribution in [2.24, 2.45) is 5.92 Å². The van der Waals surface area contributed by atoms with Gasteiger partial charge in [-0.15, -0.1) is 0 Å². The average molecular weight is 372 g/mol. The van der Waals surface area contributed by atoms with Crippen LogP contribution in [-0.2, 0) is 9.59 Å². The van der Waals surface area contributed by atoms with Crippen molar-refractivity contribution in [3.05, 3.63) is 59.7 Å². The minimum absolute atomic E-state index is 0.0738. The van der Waals surface area contributed by atoms with E-state index in [2.05, 4.69) is 5.32 Å². The molecule has 2 aliphatic rings. The summed E-state index contributed by atoms with van der Waals surface area (Å²) in [7, 11) is 1.50. The van der Waals surface area contributed by atoms with Crippen molar-refractivity contribution in [1.82, 2.24) is 5.32 Å². The Kier molecular flexibility index (Phi) is 4.30. The average Bonchev–Trinajstić information content (AvgIpc) is 3.48. The molecule has 27 heavy (non-hydrogen) atoms. The number of hydrogen-bond donors (Lipinski definition) is 1. The Balaban J connectivity index is 1.60. The summed E-state index contributed by atoms with van der Waals surface area (Å²) < 4.78 is 33.2. The Bertz CT molecular complexity index is 918. The molecular formula is C20H18F2N2O3. The van der Waals surface area contributed by atoms with Crippen LogP contribution < -0.4 is 15.0 Å². The highest BCUT2D eigenvalue weighted by Crippen LogP contribution is 2.50. The topological polar surface area (TPSA) is 58.6 Å². The first kappa shape index (κ1) is 17.5. The first-order chi connectivity index (χ1) is 13.0. The van der Waals surface area contributed by atoms with E-state index in [4.69, 9.17) is 4.74 Å². The standard InChI is InChI=1S/C20H18F2N2O3/c1-23-19(25)18-10-24(16-4-2-3-5-17(16)27-18)20(26)14-9-12(14)13-8-11(21)6-7-15(13)22/h2-8,12,14,18H,9-10H2,1H3,(H,23,25). The number of likely N-dealkylation sites (N-methyl/N-ethyl adjacent to an activating group) is 1. The molecule has 1 heterocycles. The van der Waals surface area contributed by atoms with E-state index in [-0.39, 0.29) is 29.8 Å². The third-order valence-electron chi connectivity index (χ3n) is 5.04. The molecule has 2 aromatic rings. The zero-order chi connectivity index (χ0) is 19.1. The number of halogens is 2. The number of nitrogens with one attached hydrogen (secondary N) is 1. The summed E-state index contributed by atoms with van der Waals surface area (Å²) in [5.41, 5.74) is 0.797. The van der Waals surface area contributed by atoms with E-state index in [9.17, 15) is 18.4 Å². The Labute approximate surface area is 154 Å². The summed E-state index contributed by atoms with van der Waals surface area (Å²) in [6, 6.07) is 10.3. The molecule has 0 bridgehead atoms. The van der Waals surface area contributed by atoms with Crippen molar-refractivity contribution in [1.29, 1.82) is 0 Å². The van der Waals surface area contributed by atoms with Crippen LogP contribution in [0.5, 0.6) is 5.75 Å². The van der Waals surface area contributed by atoms with Gasteiger partial charge in [0, 0.05) is 13.0 Å². The third-order valence-corrected chi connectivity index (χ3v) is 5.04. The molecule has 2 amide bonds. The largest absolute Gasteiger partial charge is 0.477 e. The minimum Gasteiger partial charge on any atom is -0.477 e. The Hall–Kier alpha value is -2.96. The first-order valence-corrected chi connectivity index (χ1v) is 8.73. The number of benzene rings is 2. The predicted octanol–water partition coefficient (Wildman–Crippen LogP) is 2.61. The number of carbonyl (C=O) groups excluding carboxylic acids is 2. The molecule has 5 nitrogen and oxygen atoms in total. The molecule has 1 N–H and O–H groups in total. The zero-order valence-electron chi connectivity index (χ0n) is 14.6. The van der Waals surface area contributed by atoms with Gasteiger partial charge in [0.15, 0.2) is 6.10 Å². The second kappa shape index (κ2) is 6.64. The van der Waals surface area contributed by atoms with Gasteiger partial charge in [0.1, 0.15) is 17.4 Å². The summed E-state index contributed by atoms with van der Waals surface area (Å²) in [6.07, 6.45) is -0.374. The Morgan fingerprint density at radius 1 is 1.19 bits per heavy atom. The number of carbonyl (C=O) groups is 2. The lowest BCUT2D eigenvalue weighted by atomic mass is 10.1. The van der Waals surface area contributed by atoms with Crippen molar-refractivity contribution in [3.63, 3.8) is 0 Å². The first-order valence-electron chi connectivity index (χ1n) is 8.73. The van der Waals surface area contributed by atoms with Gasteiger partial charge in [0.2, 0.25) is 5.91 Å². The number of fused-ring (bicyclic) bond motifs is 1. The maximum Gasteiger partial charge on any atom is 0.262 e. The molecule has 7 heteroatoms. The molecule has 1 saturated carbocycles. The van der Waals surface area contributed by atoms with E-state index < -0.39 is 23.7 Å². The van der Waals surface area contributed by atoms with Crippen molar-refractivity contribution >= 4 is 17.5 Å². The molecule has 0 aromatic heterocycles. The quantitative estimate of drug-likeness (QED) is 0.901. The summed E-state index contributed by atoms with van der Waals surface area (Å²) in [6.45, 7) is 0.0738. The van der Waals surface area contributed by atoms with Crippen molar-refractivity contribution < 1.29 is 23.1 Å². The maximum atomic E-state index is 14.0. The normalized spacial score (nSPS) is 23.2. The van der Waals surface area contributed by atoms with E-state index in [0.717, 1.165) is 18.2 Å². The number of rotatable bonds is 3. The van der Waals surface area contributed by atoms with Gasteiger partial charge in [-0.2, -0.15) is 0 Å². The lowest BCUT2D eigenvalue weighted by Gasteiger charge is -2.34. The zero-order valence-corrected chi connectivity index (χ0v) is 14.6. The molecule has 140 valence electrons. The van der Waals surface area contributed by atoms with Gasteiger partial charge in [-0.3, -0.25) is 9.59 Å². The van der Waals surface area contributed by atoms with E-state index >= 15 is 0 Å². The van der Waals surface area contributed by atoms with Gasteiger partial charge in [0.25, 0.3) is 5.91 Å². The Morgan fingerprint density at radius 3 is 2.74 bits per heavy atom. The van der Waals surface area contributed by atoms with Gasteiger partial charge in [-0.05, 0) is 48.2 Å². The SMILES string of the molecule is CNC(=O)C1CN(C(=O)C2CC2c2cc(F)ccc2F)c2ccccc2O1. The lowest BCUT2D eigenvalue weighted by molar-refractivity contribution is -0.128. The molecule has 2 aromatic carbocycles. The Morgan fingerprint density at radius 2 is 1.96 bits per heavy atom. The number of amides is 2. The van der Waals surface area contributed by atoms with Gasteiger partial charge in [0.05, 0.1) is 12.2 Å². The van der Waals surface area contributed by atoms with Crippen LogP contribution in [0.25, 0.3) is 0 Å². The van der Waals surface area contributed by atoms with Crippen LogP contribution in [0.3, 0.4) is 0 Å². The van der Waals surface area contributed by atoms with E-state index in [1.165, 1.54) is 11.9 Å². The number of hydrogen-bond acceptors (Lipinski definition) is 3. The van der Waals surface area contributed by atoms with Crippen molar-refractivity contribution in [2.75, 3.05) is 18.5 Å². The highest BCUT2D eigenvalue weighted by atomic mass is 19.1. The second-order valence-electron chi connectivity index (χ2n) is 6.75. The molecule has 0 saturated heterocycles. The van der Waals surface area contributed by atoms with Gasteiger partial charge in [-0.1, -0.05) is 12.1 Å². The van der Waals surface area contributed by atoms with Gasteiger partial charge >= 0.3 is 0 Å². The van der Waals surface area contributed by atoms with Crippen LogP contribution in [0.4, 0.5) is 14.5 Å². The molecule has 1 aliphatic heterocycles. The minimum atomic E-state index is -0.822. The summed E-state index contributed by atoms with van der Waals surface area (Å²) in [5.74, 6) is -1.94. The molecular weight excluding hydrogens is 354 g/mol. The number of anilines is 1. The van der Waals surface area contributed by atoms with Gasteiger partial charge in [-0.25, -0.2) is 8.78 Å². The van der Waals surface area contributed by atoms with Gasteiger partial charge < -0.3 is 15.0 Å². The van der Waals surface area contributed by atoms with Crippen LogP contribution in [0.2, 0.25) is 0 Å². The fraction of sp³-hybridized carbons (Fsp3) is 0.300. The molecule has 4 rings (SSSR count). The predicted molar refractivity (Wildman–Crippen MR) is 94.5 cm³/mol. The van der Waals surface area contributed by atoms with Crippen LogP contribution >= 0.6 is 0 Å². The summed E-state index contributed by atoms with van der Waals surface area (Å²) >= 11 is 0. The molecule has 3 atom stereocenters. The summed E-state index contributed by atoms with van der Waals surface area (Å²) in [5, 5.41) is 2.52. The van der Waals surface area contributed by atoms with Crippen LogP contribution in [0, 0.1) is 17.6 Å². The fourth-order valence-corrected chi connectivity index (χ4v) is 3.55. The fourth-order valence-electron chi connectivity index (χ4n) is 3.55. The molecule has 1 aliphatic carbocycles. The van der Waals surface area contributed by atoms with Crippen molar-refractivity contribution in [3.8, 4) is 5.75 Å². The van der Waals surface area contributed by atoms with E-state index in [1.54, 1.807) is 24.3 Å². The summed E-state index contributed by atoms with van der Waals surface area (Å²) in [4.78, 5) is 26.6. The molecule has 0 spiro atoms. The second-order valence-corrected chi connectivity index (χ2v) is 6.75. The van der Waals surface area contributed by atoms with E-state index in [0.29, 0.717) is 17.9 Å². The lowest BCUT2D eigenvalue weighted by Crippen LogP contribution is -2.50. The third kappa shape index (κ3) is 3.13. The highest BCUT2D eigenvalue weighted by molar-refractivity contribution is 6.00. The monoisotopic (exact) mass is 372 g/mol. The van der Waals surface area contributed by atoms with E-state index in [1.807, 2.05) is 0 Å². The van der Waals surface area contributed by atoms with Crippen LogP contribution in [-0.4, -0.2) is 31.5 Å². The van der Waals surface area contributed by atoms with Crippen molar-refractivity contribution in [2.45, 2.75) is 18.4 Å². The molecule has 3 unspecified atom stereocenters. The molecule has 1 fully saturated rings.